The van der Waals surface area contributed by atoms with E-state index in [1.165, 1.54) is 26.0 Å². The predicted octanol–water partition coefficient (Wildman–Crippen LogP) is 2.49. The molecule has 0 radical (unpaired) electrons. The van der Waals surface area contributed by atoms with Crippen molar-refractivity contribution in [1.29, 1.82) is 0 Å². The number of aryl methyl sites for hydroxylation is 1. The van der Waals surface area contributed by atoms with Gasteiger partial charge in [0.15, 0.2) is 0 Å². The number of carboxylic acids is 1. The quantitative estimate of drug-likeness (QED) is 0.811. The highest BCUT2D eigenvalue weighted by Crippen LogP contribution is 2.15. The number of halogens is 1. The van der Waals surface area contributed by atoms with Gasteiger partial charge in [0.25, 0.3) is 5.91 Å². The van der Waals surface area contributed by atoms with E-state index < -0.39 is 17.7 Å². The van der Waals surface area contributed by atoms with Crippen LogP contribution in [0.15, 0.2) is 29.3 Å². The van der Waals surface area contributed by atoms with Crippen molar-refractivity contribution in [2.45, 2.75) is 20.8 Å². The van der Waals surface area contributed by atoms with Gasteiger partial charge in [0, 0.05) is 16.8 Å². The molecule has 2 N–H and O–H groups in total. The number of hydrogen-bond acceptors (Lipinski definition) is 2. The van der Waals surface area contributed by atoms with E-state index in [4.69, 9.17) is 5.11 Å². The van der Waals surface area contributed by atoms with Crippen molar-refractivity contribution in [2.24, 2.45) is 0 Å². The molecule has 0 aliphatic carbocycles. The first kappa shape index (κ1) is 13.9. The Morgan fingerprint density at radius 1 is 1.22 bits per heavy atom. The average Bonchev–Trinajstić information content (AvgIpc) is 2.31. The van der Waals surface area contributed by atoms with E-state index in [2.05, 4.69) is 5.32 Å². The molecular formula is C13H14FNO3. The molecule has 0 bridgehead atoms. The van der Waals surface area contributed by atoms with Crippen molar-refractivity contribution in [3.8, 4) is 0 Å². The summed E-state index contributed by atoms with van der Waals surface area (Å²) >= 11 is 0. The lowest BCUT2D eigenvalue weighted by molar-refractivity contribution is -0.133. The molecular weight excluding hydrogens is 237 g/mol. The van der Waals surface area contributed by atoms with Gasteiger partial charge >= 0.3 is 5.97 Å². The highest BCUT2D eigenvalue weighted by Gasteiger charge is 2.13. The largest absolute Gasteiger partial charge is 0.478 e. The first-order valence-electron chi connectivity index (χ1n) is 5.31. The Balaban J connectivity index is 2.92. The highest BCUT2D eigenvalue weighted by molar-refractivity contribution is 6.08. The fourth-order valence-corrected chi connectivity index (χ4v) is 1.23. The summed E-state index contributed by atoms with van der Waals surface area (Å²) in [6, 6.07) is 4.28. The summed E-state index contributed by atoms with van der Waals surface area (Å²) < 4.78 is 13.3. The maximum absolute atomic E-state index is 13.3. The van der Waals surface area contributed by atoms with Crippen molar-refractivity contribution in [3.05, 3.63) is 40.7 Å². The van der Waals surface area contributed by atoms with Gasteiger partial charge in [-0.2, -0.15) is 0 Å². The molecule has 0 unspecified atom stereocenters. The number of rotatable bonds is 3. The summed E-state index contributed by atoms with van der Waals surface area (Å²) in [7, 11) is 0. The molecule has 0 fully saturated rings. The molecule has 0 atom stereocenters. The second kappa shape index (κ2) is 5.44. The minimum atomic E-state index is -1.15. The van der Waals surface area contributed by atoms with Gasteiger partial charge < -0.3 is 10.4 Å². The zero-order chi connectivity index (χ0) is 13.9. The first-order chi connectivity index (χ1) is 8.32. The molecule has 4 nitrogen and oxygen atoms in total. The highest BCUT2D eigenvalue weighted by atomic mass is 19.1. The molecule has 0 spiro atoms. The van der Waals surface area contributed by atoms with E-state index in [1.54, 1.807) is 13.0 Å². The molecule has 1 aromatic carbocycles. The lowest BCUT2D eigenvalue weighted by atomic mass is 10.1. The second-order valence-electron chi connectivity index (χ2n) is 3.97. The van der Waals surface area contributed by atoms with E-state index in [0.717, 1.165) is 0 Å². The second-order valence-corrected chi connectivity index (χ2v) is 3.97. The van der Waals surface area contributed by atoms with Gasteiger partial charge in [-0.05, 0) is 38.5 Å². The van der Waals surface area contributed by atoms with Crippen LogP contribution in [0.1, 0.15) is 19.4 Å². The molecule has 0 aliphatic heterocycles. The molecule has 5 heteroatoms. The van der Waals surface area contributed by atoms with Gasteiger partial charge in [0.05, 0.1) is 0 Å². The Labute approximate surface area is 104 Å². The van der Waals surface area contributed by atoms with Crippen molar-refractivity contribution >= 4 is 17.6 Å². The number of anilines is 1. The molecule has 18 heavy (non-hydrogen) atoms. The zero-order valence-corrected chi connectivity index (χ0v) is 10.4. The number of hydrogen-bond donors (Lipinski definition) is 2. The Morgan fingerprint density at radius 3 is 2.33 bits per heavy atom. The third-order valence-electron chi connectivity index (χ3n) is 2.65. The van der Waals surface area contributed by atoms with E-state index >= 15 is 0 Å². The maximum Gasteiger partial charge on any atom is 0.331 e. The number of carbonyl (C=O) groups excluding carboxylic acids is 1. The molecule has 1 aromatic rings. The third-order valence-corrected chi connectivity index (χ3v) is 2.65. The minimum Gasteiger partial charge on any atom is -0.478 e. The van der Waals surface area contributed by atoms with Crippen molar-refractivity contribution in [3.63, 3.8) is 0 Å². The lowest BCUT2D eigenvalue weighted by Gasteiger charge is -2.07. The number of carboxylic acid groups (broad SMARTS) is 1. The summed E-state index contributed by atoms with van der Waals surface area (Å²) in [4.78, 5) is 22.4. The average molecular weight is 251 g/mol. The van der Waals surface area contributed by atoms with Crippen LogP contribution in [-0.2, 0) is 9.59 Å². The summed E-state index contributed by atoms with van der Waals surface area (Å²) in [5.74, 6) is -2.14. The van der Waals surface area contributed by atoms with Crippen LogP contribution in [0.25, 0.3) is 0 Å². The van der Waals surface area contributed by atoms with E-state index in [9.17, 15) is 14.0 Å². The van der Waals surface area contributed by atoms with Gasteiger partial charge in [-0.25, -0.2) is 9.18 Å². The molecule has 1 rings (SSSR count). The Kier molecular flexibility index (Phi) is 4.20. The summed E-state index contributed by atoms with van der Waals surface area (Å²) in [6.45, 7) is 4.36. The Bertz CT molecular complexity index is 535. The van der Waals surface area contributed by atoms with Crippen molar-refractivity contribution in [2.75, 3.05) is 5.32 Å². The van der Waals surface area contributed by atoms with E-state index in [-0.39, 0.29) is 11.1 Å². The fourth-order valence-electron chi connectivity index (χ4n) is 1.23. The first-order valence-corrected chi connectivity index (χ1v) is 5.31. The molecule has 0 aromatic heterocycles. The van der Waals surface area contributed by atoms with Gasteiger partial charge in [0.1, 0.15) is 5.82 Å². The third kappa shape index (κ3) is 3.16. The van der Waals surface area contributed by atoms with Gasteiger partial charge in [0.2, 0.25) is 0 Å². The predicted molar refractivity (Wildman–Crippen MR) is 65.8 cm³/mol. The van der Waals surface area contributed by atoms with Gasteiger partial charge in [-0.1, -0.05) is 6.07 Å². The maximum atomic E-state index is 13.3. The van der Waals surface area contributed by atoms with Crippen LogP contribution in [-0.4, -0.2) is 17.0 Å². The number of amides is 1. The summed E-state index contributed by atoms with van der Waals surface area (Å²) in [6.07, 6.45) is 0. The van der Waals surface area contributed by atoms with Crippen molar-refractivity contribution < 1.29 is 19.1 Å². The Morgan fingerprint density at radius 2 is 1.83 bits per heavy atom. The standard InChI is InChI=1S/C13H14FNO3/c1-7-4-5-10(6-11(7)14)15-12(16)8(2)9(3)13(17)18/h4-6H,1-3H3,(H,15,16)(H,17,18). The molecule has 0 heterocycles. The molecule has 0 saturated heterocycles. The number of aliphatic carboxylic acids is 1. The summed E-state index contributed by atoms with van der Waals surface area (Å²) in [5, 5.41) is 11.2. The minimum absolute atomic E-state index is 0.0416. The van der Waals surface area contributed by atoms with Crippen LogP contribution in [0.4, 0.5) is 10.1 Å². The van der Waals surface area contributed by atoms with Crippen LogP contribution in [0, 0.1) is 12.7 Å². The smallest absolute Gasteiger partial charge is 0.331 e. The SMILES string of the molecule is CC(C(=O)O)=C(C)C(=O)Nc1ccc(C)c(F)c1. The van der Waals surface area contributed by atoms with Crippen LogP contribution >= 0.6 is 0 Å². The van der Waals surface area contributed by atoms with Gasteiger partial charge in [-0.3, -0.25) is 4.79 Å². The number of benzene rings is 1. The lowest BCUT2D eigenvalue weighted by Crippen LogP contribution is -2.16. The number of carbonyl (C=O) groups is 2. The molecule has 96 valence electrons. The van der Waals surface area contributed by atoms with Crippen LogP contribution in [0.3, 0.4) is 0 Å². The van der Waals surface area contributed by atoms with Gasteiger partial charge in [-0.15, -0.1) is 0 Å². The van der Waals surface area contributed by atoms with Crippen LogP contribution in [0.2, 0.25) is 0 Å². The molecule has 0 aliphatic rings. The fraction of sp³-hybridized carbons (Fsp3) is 0.231. The molecule has 0 saturated carbocycles. The molecule has 1 amide bonds. The Hall–Kier alpha value is -2.17. The zero-order valence-electron chi connectivity index (χ0n) is 10.4. The van der Waals surface area contributed by atoms with Crippen LogP contribution in [0.5, 0.6) is 0 Å². The topological polar surface area (TPSA) is 66.4 Å². The van der Waals surface area contributed by atoms with Crippen molar-refractivity contribution in [1.82, 2.24) is 0 Å². The van der Waals surface area contributed by atoms with E-state index in [1.807, 2.05) is 0 Å². The van der Waals surface area contributed by atoms with E-state index in [0.29, 0.717) is 11.3 Å². The summed E-state index contributed by atoms with van der Waals surface area (Å²) in [5.41, 5.74) is 0.811. The van der Waals surface area contributed by atoms with Crippen LogP contribution < -0.4 is 5.32 Å². The monoisotopic (exact) mass is 251 g/mol. The normalized spacial score (nSPS) is 11.8. The number of nitrogens with one attached hydrogen (secondary N) is 1.